The molecule has 0 spiro atoms. The number of hydrogen-bond acceptors (Lipinski definition) is 5. The number of hydrogen-bond donors (Lipinski definition) is 2. The van der Waals surface area contributed by atoms with Gasteiger partial charge in [-0.1, -0.05) is 30.3 Å². The molecule has 1 aliphatic heterocycles. The van der Waals surface area contributed by atoms with Gasteiger partial charge in [0, 0.05) is 37.9 Å². The Bertz CT molecular complexity index is 849. The van der Waals surface area contributed by atoms with Gasteiger partial charge in [0.1, 0.15) is 5.75 Å². The summed E-state index contributed by atoms with van der Waals surface area (Å²) in [6.07, 6.45) is 1.65. The highest BCUT2D eigenvalue weighted by Gasteiger charge is 2.23. The Morgan fingerprint density at radius 2 is 1.71 bits per heavy atom. The number of nitrogens with one attached hydrogen (secondary N) is 2. The van der Waals surface area contributed by atoms with Crippen molar-refractivity contribution in [2.24, 2.45) is 0 Å². The minimum Gasteiger partial charge on any atom is -0.484 e. The number of likely N-dealkylation sites (N-methyl/N-ethyl adjacent to an activating group) is 1. The molecular weight excluding hydrogens is 392 g/mol. The summed E-state index contributed by atoms with van der Waals surface area (Å²) in [5, 5.41) is 6.06. The van der Waals surface area contributed by atoms with Crippen LogP contribution in [0.1, 0.15) is 23.2 Å². The van der Waals surface area contributed by atoms with Gasteiger partial charge in [-0.25, -0.2) is 0 Å². The monoisotopic (exact) mass is 424 g/mol. The zero-order chi connectivity index (χ0) is 22.1. The Labute approximate surface area is 184 Å². The first kappa shape index (κ1) is 22.6. The molecule has 3 rings (SSSR count). The second-order valence-corrected chi connectivity index (χ2v) is 8.01. The van der Waals surface area contributed by atoms with Gasteiger partial charge in [0.15, 0.2) is 6.61 Å². The summed E-state index contributed by atoms with van der Waals surface area (Å²) in [6, 6.07) is 17.2. The van der Waals surface area contributed by atoms with Crippen LogP contribution in [0.4, 0.5) is 5.69 Å². The maximum atomic E-state index is 12.7. The van der Waals surface area contributed by atoms with Gasteiger partial charge in [0.05, 0.1) is 5.56 Å². The minimum absolute atomic E-state index is 0.0141. The van der Waals surface area contributed by atoms with Gasteiger partial charge in [0.2, 0.25) is 0 Å². The normalized spacial score (nSPS) is 14.4. The molecule has 2 aromatic rings. The van der Waals surface area contributed by atoms with Gasteiger partial charge < -0.3 is 25.2 Å². The zero-order valence-corrected chi connectivity index (χ0v) is 18.3. The molecule has 1 aliphatic rings. The van der Waals surface area contributed by atoms with Crippen LogP contribution in [0.15, 0.2) is 54.6 Å². The van der Waals surface area contributed by atoms with E-state index in [2.05, 4.69) is 15.5 Å². The number of piperidine rings is 1. The number of benzene rings is 2. The number of anilines is 1. The Morgan fingerprint density at radius 1 is 1.03 bits per heavy atom. The third-order valence-corrected chi connectivity index (χ3v) is 5.31. The molecule has 1 heterocycles. The number of nitrogens with zero attached hydrogens (tertiary/aromatic N) is 2. The topological polar surface area (TPSA) is 73.9 Å². The van der Waals surface area contributed by atoms with E-state index in [0.29, 0.717) is 17.9 Å². The Hall–Kier alpha value is -3.06. The van der Waals surface area contributed by atoms with Crippen LogP contribution in [0.25, 0.3) is 0 Å². The number of para-hydroxylation sites is 2. The number of carbonyl (C=O) groups is 2. The molecule has 31 heavy (non-hydrogen) atoms. The molecule has 7 heteroatoms. The summed E-state index contributed by atoms with van der Waals surface area (Å²) in [4.78, 5) is 29.1. The van der Waals surface area contributed by atoms with E-state index < -0.39 is 0 Å². The molecule has 2 aromatic carbocycles. The molecule has 1 fully saturated rings. The van der Waals surface area contributed by atoms with E-state index in [0.717, 1.165) is 38.2 Å². The third-order valence-electron chi connectivity index (χ3n) is 5.31. The highest BCUT2D eigenvalue weighted by Crippen LogP contribution is 2.24. The zero-order valence-electron chi connectivity index (χ0n) is 18.3. The van der Waals surface area contributed by atoms with Crippen LogP contribution in [0, 0.1) is 0 Å². The van der Waals surface area contributed by atoms with Crippen LogP contribution in [-0.4, -0.2) is 69.6 Å². The standard InChI is InChI=1S/C24H32N4O3/c1-27(2)17-14-25-24(30)21-10-6-7-11-22(21)28-15-12-19(13-16-28)26-23(29)18-31-20-8-4-3-5-9-20/h3-11,19H,12-18H2,1-2H3,(H,25,30)(H,26,29). The van der Waals surface area contributed by atoms with Crippen molar-refractivity contribution in [3.63, 3.8) is 0 Å². The lowest BCUT2D eigenvalue weighted by atomic mass is 10.0. The highest BCUT2D eigenvalue weighted by atomic mass is 16.5. The van der Waals surface area contributed by atoms with Crippen LogP contribution < -0.4 is 20.3 Å². The average Bonchev–Trinajstić information content (AvgIpc) is 2.78. The van der Waals surface area contributed by atoms with Gasteiger partial charge in [-0.2, -0.15) is 0 Å². The van der Waals surface area contributed by atoms with E-state index in [4.69, 9.17) is 4.74 Å². The molecule has 2 amide bonds. The van der Waals surface area contributed by atoms with Crippen molar-refractivity contribution in [1.29, 1.82) is 0 Å². The second kappa shape index (κ2) is 11.4. The summed E-state index contributed by atoms with van der Waals surface area (Å²) in [5.74, 6) is 0.529. The van der Waals surface area contributed by atoms with Crippen LogP contribution in [0.2, 0.25) is 0 Å². The number of amides is 2. The lowest BCUT2D eigenvalue weighted by Gasteiger charge is -2.34. The Morgan fingerprint density at radius 3 is 2.42 bits per heavy atom. The molecule has 0 aromatic heterocycles. The minimum atomic E-state index is -0.108. The van der Waals surface area contributed by atoms with Gasteiger partial charge in [-0.15, -0.1) is 0 Å². The molecular formula is C24H32N4O3. The maximum absolute atomic E-state index is 12.7. The molecule has 1 saturated heterocycles. The number of ether oxygens (including phenoxy) is 1. The average molecular weight is 425 g/mol. The van der Waals surface area contributed by atoms with Crippen molar-refractivity contribution >= 4 is 17.5 Å². The fourth-order valence-electron chi connectivity index (χ4n) is 3.63. The molecule has 0 bridgehead atoms. The van der Waals surface area contributed by atoms with E-state index in [9.17, 15) is 9.59 Å². The smallest absolute Gasteiger partial charge is 0.258 e. The lowest BCUT2D eigenvalue weighted by Crippen LogP contribution is -2.46. The maximum Gasteiger partial charge on any atom is 0.258 e. The van der Waals surface area contributed by atoms with Crippen LogP contribution >= 0.6 is 0 Å². The van der Waals surface area contributed by atoms with E-state index in [1.54, 1.807) is 0 Å². The van der Waals surface area contributed by atoms with Gasteiger partial charge >= 0.3 is 0 Å². The summed E-state index contributed by atoms with van der Waals surface area (Å²) in [5.41, 5.74) is 1.64. The van der Waals surface area contributed by atoms with Gasteiger partial charge in [-0.05, 0) is 51.2 Å². The fraction of sp³-hybridized carbons (Fsp3) is 0.417. The van der Waals surface area contributed by atoms with Crippen molar-refractivity contribution < 1.29 is 14.3 Å². The quantitative estimate of drug-likeness (QED) is 0.645. The Kier molecular flexibility index (Phi) is 8.29. The SMILES string of the molecule is CN(C)CCNC(=O)c1ccccc1N1CCC(NC(=O)COc2ccccc2)CC1. The predicted molar refractivity (Wildman–Crippen MR) is 123 cm³/mol. The largest absolute Gasteiger partial charge is 0.484 e. The second-order valence-electron chi connectivity index (χ2n) is 8.01. The summed E-state index contributed by atoms with van der Waals surface area (Å²) >= 11 is 0. The van der Waals surface area contributed by atoms with Crippen LogP contribution in [-0.2, 0) is 4.79 Å². The van der Waals surface area contributed by atoms with Gasteiger partial charge in [-0.3, -0.25) is 9.59 Å². The molecule has 0 aliphatic carbocycles. The third kappa shape index (κ3) is 7.00. The molecule has 0 saturated carbocycles. The first-order chi connectivity index (χ1) is 15.0. The lowest BCUT2D eigenvalue weighted by molar-refractivity contribution is -0.123. The van der Waals surface area contributed by atoms with Crippen molar-refractivity contribution in [1.82, 2.24) is 15.5 Å². The van der Waals surface area contributed by atoms with E-state index in [1.165, 1.54) is 0 Å². The molecule has 0 atom stereocenters. The van der Waals surface area contributed by atoms with E-state index in [1.807, 2.05) is 73.6 Å². The number of rotatable bonds is 9. The first-order valence-electron chi connectivity index (χ1n) is 10.8. The van der Waals surface area contributed by atoms with Crippen LogP contribution in [0.5, 0.6) is 5.75 Å². The molecule has 0 unspecified atom stereocenters. The van der Waals surface area contributed by atoms with Crippen LogP contribution in [0.3, 0.4) is 0 Å². The molecule has 7 nitrogen and oxygen atoms in total. The molecule has 166 valence electrons. The van der Waals surface area contributed by atoms with Crippen molar-refractivity contribution in [2.75, 3.05) is 51.8 Å². The summed E-state index contributed by atoms with van der Waals surface area (Å²) in [7, 11) is 3.97. The van der Waals surface area contributed by atoms with E-state index >= 15 is 0 Å². The van der Waals surface area contributed by atoms with E-state index in [-0.39, 0.29) is 24.5 Å². The predicted octanol–water partition coefficient (Wildman–Crippen LogP) is 2.14. The molecule has 2 N–H and O–H groups in total. The van der Waals surface area contributed by atoms with Crippen molar-refractivity contribution in [2.45, 2.75) is 18.9 Å². The fourth-order valence-corrected chi connectivity index (χ4v) is 3.63. The summed E-state index contributed by atoms with van der Waals surface area (Å²) in [6.45, 7) is 2.99. The molecule has 0 radical (unpaired) electrons. The van der Waals surface area contributed by atoms with Gasteiger partial charge in [0.25, 0.3) is 11.8 Å². The summed E-state index contributed by atoms with van der Waals surface area (Å²) < 4.78 is 5.52. The number of carbonyl (C=O) groups excluding carboxylic acids is 2. The first-order valence-corrected chi connectivity index (χ1v) is 10.8. The Balaban J connectivity index is 1.48. The van der Waals surface area contributed by atoms with Crippen molar-refractivity contribution in [3.05, 3.63) is 60.2 Å². The van der Waals surface area contributed by atoms with Crippen molar-refractivity contribution in [3.8, 4) is 5.75 Å². The highest BCUT2D eigenvalue weighted by molar-refractivity contribution is 5.99.